The van der Waals surface area contributed by atoms with Gasteiger partial charge in [-0.15, -0.1) is 16.4 Å². The van der Waals surface area contributed by atoms with Crippen LogP contribution < -0.4 is 10.6 Å². The van der Waals surface area contributed by atoms with Gasteiger partial charge in [-0.25, -0.2) is 9.67 Å². The van der Waals surface area contributed by atoms with E-state index in [1.165, 1.54) is 0 Å². The molecule has 0 radical (unpaired) electrons. The maximum Gasteiger partial charge on any atom is 0.273 e. The van der Waals surface area contributed by atoms with E-state index in [0.717, 1.165) is 41.5 Å². The molecule has 0 aromatic carbocycles. The van der Waals surface area contributed by atoms with Crippen LogP contribution in [0.4, 0.5) is 0 Å². The predicted octanol–water partition coefficient (Wildman–Crippen LogP) is 1.21. The smallest absolute Gasteiger partial charge is 0.273 e. The molecule has 0 saturated carbocycles. The maximum absolute atomic E-state index is 12.2. The second-order valence-corrected chi connectivity index (χ2v) is 6.78. The zero-order chi connectivity index (χ0) is 15.5. The predicted molar refractivity (Wildman–Crippen MR) is 83.9 cm³/mol. The molecule has 1 amide bonds. The molecule has 0 unspecified atom stereocenters. The van der Waals surface area contributed by atoms with E-state index in [1.54, 1.807) is 17.5 Å². The molecule has 1 fully saturated rings. The minimum atomic E-state index is -0.189. The Morgan fingerprint density at radius 3 is 2.91 bits per heavy atom. The minimum absolute atomic E-state index is 0.189. The van der Waals surface area contributed by atoms with Gasteiger partial charge < -0.3 is 10.6 Å². The number of nitrogens with one attached hydrogen (secondary N) is 2. The lowest BCUT2D eigenvalue weighted by molar-refractivity contribution is 0.0946. The van der Waals surface area contributed by atoms with E-state index >= 15 is 0 Å². The number of thiazole rings is 1. The second kappa shape index (κ2) is 6.53. The number of nitrogens with zero attached hydrogens (tertiary/aromatic N) is 4. The van der Waals surface area contributed by atoms with Crippen LogP contribution in [-0.4, -0.2) is 39.0 Å². The number of aryl methyl sites for hydroxylation is 2. The van der Waals surface area contributed by atoms with Gasteiger partial charge in [0.15, 0.2) is 5.69 Å². The monoisotopic (exact) mass is 320 g/mol. The average Bonchev–Trinajstić information content (AvgIpc) is 3.12. The lowest BCUT2D eigenvalue weighted by Gasteiger charge is -2.22. The molecule has 22 heavy (non-hydrogen) atoms. The van der Waals surface area contributed by atoms with Gasteiger partial charge in [-0.2, -0.15) is 0 Å². The van der Waals surface area contributed by atoms with Crippen molar-refractivity contribution in [2.45, 2.75) is 39.3 Å². The Bertz CT molecular complexity index is 658. The summed E-state index contributed by atoms with van der Waals surface area (Å²) in [6.07, 6.45) is 3.78. The molecule has 7 nitrogen and oxygen atoms in total. The summed E-state index contributed by atoms with van der Waals surface area (Å²) in [5.41, 5.74) is 1.35. The first-order valence-corrected chi connectivity index (χ1v) is 8.29. The van der Waals surface area contributed by atoms with Crippen molar-refractivity contribution in [3.8, 4) is 0 Å². The first-order valence-electron chi connectivity index (χ1n) is 7.47. The summed E-state index contributed by atoms with van der Waals surface area (Å²) in [4.78, 5) is 17.6. The number of amides is 1. The van der Waals surface area contributed by atoms with Crippen molar-refractivity contribution in [2.75, 3.05) is 13.1 Å². The molecule has 2 aromatic heterocycles. The number of piperidine rings is 1. The zero-order valence-electron chi connectivity index (χ0n) is 12.8. The molecule has 2 aromatic rings. The molecule has 1 saturated heterocycles. The van der Waals surface area contributed by atoms with E-state index in [1.807, 2.05) is 18.5 Å². The molecule has 3 heterocycles. The van der Waals surface area contributed by atoms with Crippen molar-refractivity contribution in [3.63, 3.8) is 0 Å². The van der Waals surface area contributed by atoms with Gasteiger partial charge in [0, 0.05) is 4.88 Å². The van der Waals surface area contributed by atoms with Crippen LogP contribution in [0.25, 0.3) is 0 Å². The number of carbonyl (C=O) groups excluding carboxylic acids is 1. The standard InChI is InChI=1S/C14H20N6OS/c1-9-13(22-10(2)17-9)7-16-14(21)12-8-20(19-18-12)11-3-5-15-6-4-11/h8,11,15H,3-7H2,1-2H3,(H,16,21). The highest BCUT2D eigenvalue weighted by molar-refractivity contribution is 7.11. The summed E-state index contributed by atoms with van der Waals surface area (Å²) in [5.74, 6) is -0.189. The largest absolute Gasteiger partial charge is 0.346 e. The molecular formula is C14H20N6OS. The van der Waals surface area contributed by atoms with Gasteiger partial charge in [0.05, 0.1) is 29.5 Å². The van der Waals surface area contributed by atoms with Gasteiger partial charge in [-0.1, -0.05) is 5.21 Å². The Morgan fingerprint density at radius 2 is 2.23 bits per heavy atom. The number of rotatable bonds is 4. The topological polar surface area (TPSA) is 84.7 Å². The van der Waals surface area contributed by atoms with Gasteiger partial charge in [0.1, 0.15) is 0 Å². The van der Waals surface area contributed by atoms with E-state index in [-0.39, 0.29) is 5.91 Å². The number of hydrogen-bond donors (Lipinski definition) is 2. The van der Waals surface area contributed by atoms with Crippen molar-refractivity contribution < 1.29 is 4.79 Å². The average molecular weight is 320 g/mol. The van der Waals surface area contributed by atoms with Crippen molar-refractivity contribution in [3.05, 3.63) is 27.5 Å². The highest BCUT2D eigenvalue weighted by Gasteiger charge is 2.18. The molecule has 0 spiro atoms. The van der Waals surface area contributed by atoms with Crippen LogP contribution in [0.15, 0.2) is 6.20 Å². The summed E-state index contributed by atoms with van der Waals surface area (Å²) in [6, 6.07) is 0.335. The van der Waals surface area contributed by atoms with Crippen LogP contribution >= 0.6 is 11.3 Å². The third kappa shape index (κ3) is 3.33. The molecule has 118 valence electrons. The molecule has 0 atom stereocenters. The van der Waals surface area contributed by atoms with Crippen LogP contribution in [0.3, 0.4) is 0 Å². The molecular weight excluding hydrogens is 300 g/mol. The van der Waals surface area contributed by atoms with Gasteiger partial charge >= 0.3 is 0 Å². The molecule has 8 heteroatoms. The van der Waals surface area contributed by atoms with Crippen LogP contribution in [-0.2, 0) is 6.54 Å². The van der Waals surface area contributed by atoms with E-state index in [2.05, 4.69) is 25.9 Å². The zero-order valence-corrected chi connectivity index (χ0v) is 13.6. The van der Waals surface area contributed by atoms with E-state index in [0.29, 0.717) is 18.3 Å². The van der Waals surface area contributed by atoms with Crippen molar-refractivity contribution in [1.29, 1.82) is 0 Å². The SMILES string of the molecule is Cc1nc(C)c(CNC(=O)c2cn(C3CCNCC3)nn2)s1. The first kappa shape index (κ1) is 15.1. The molecule has 0 bridgehead atoms. The number of aromatic nitrogens is 4. The Kier molecular flexibility index (Phi) is 4.49. The highest BCUT2D eigenvalue weighted by atomic mass is 32.1. The molecule has 1 aliphatic heterocycles. The lowest BCUT2D eigenvalue weighted by Crippen LogP contribution is -2.29. The molecule has 0 aliphatic carbocycles. The number of hydrogen-bond acceptors (Lipinski definition) is 6. The van der Waals surface area contributed by atoms with Crippen LogP contribution in [0.5, 0.6) is 0 Å². The summed E-state index contributed by atoms with van der Waals surface area (Å²) in [6.45, 7) is 6.37. The van der Waals surface area contributed by atoms with Crippen molar-refractivity contribution in [1.82, 2.24) is 30.6 Å². The Balaban J connectivity index is 1.60. The third-order valence-corrected chi connectivity index (χ3v) is 4.91. The van der Waals surface area contributed by atoms with Gasteiger partial charge in [0.2, 0.25) is 0 Å². The van der Waals surface area contributed by atoms with Crippen LogP contribution in [0, 0.1) is 13.8 Å². The molecule has 1 aliphatic rings. The fourth-order valence-electron chi connectivity index (χ4n) is 2.62. The van der Waals surface area contributed by atoms with Crippen molar-refractivity contribution >= 4 is 17.2 Å². The highest BCUT2D eigenvalue weighted by Crippen LogP contribution is 2.18. The summed E-state index contributed by atoms with van der Waals surface area (Å²) >= 11 is 1.61. The van der Waals surface area contributed by atoms with Gasteiger partial charge in [-0.3, -0.25) is 4.79 Å². The Labute approximate surface area is 133 Å². The first-order chi connectivity index (χ1) is 10.6. The van der Waals surface area contributed by atoms with Crippen LogP contribution in [0.2, 0.25) is 0 Å². The summed E-state index contributed by atoms with van der Waals surface area (Å²) in [5, 5.41) is 15.3. The Hall–Kier alpha value is -1.80. The number of carbonyl (C=O) groups is 1. The maximum atomic E-state index is 12.2. The summed E-state index contributed by atoms with van der Waals surface area (Å²) in [7, 11) is 0. The fraction of sp³-hybridized carbons (Fsp3) is 0.571. The third-order valence-electron chi connectivity index (χ3n) is 3.83. The quantitative estimate of drug-likeness (QED) is 0.884. The van der Waals surface area contributed by atoms with E-state index in [9.17, 15) is 4.79 Å². The Morgan fingerprint density at radius 1 is 1.45 bits per heavy atom. The molecule has 2 N–H and O–H groups in total. The van der Waals surface area contributed by atoms with Crippen molar-refractivity contribution in [2.24, 2.45) is 0 Å². The normalized spacial score (nSPS) is 15.9. The van der Waals surface area contributed by atoms with Gasteiger partial charge in [-0.05, 0) is 39.8 Å². The van der Waals surface area contributed by atoms with Gasteiger partial charge in [0.25, 0.3) is 5.91 Å². The second-order valence-electron chi connectivity index (χ2n) is 5.49. The van der Waals surface area contributed by atoms with Crippen LogP contribution in [0.1, 0.15) is 45.0 Å². The van der Waals surface area contributed by atoms with E-state index in [4.69, 9.17) is 0 Å². The van der Waals surface area contributed by atoms with E-state index < -0.39 is 0 Å². The lowest BCUT2D eigenvalue weighted by atomic mass is 10.1. The minimum Gasteiger partial charge on any atom is -0.346 e. The fourth-order valence-corrected chi connectivity index (χ4v) is 3.50. The summed E-state index contributed by atoms with van der Waals surface area (Å²) < 4.78 is 1.82. The molecule has 3 rings (SSSR count).